The quantitative estimate of drug-likeness (QED) is 0.793. The van der Waals surface area contributed by atoms with Crippen molar-refractivity contribution >= 4 is 0 Å². The summed E-state index contributed by atoms with van der Waals surface area (Å²) in [6, 6.07) is 3.72. The molecule has 114 valence electrons. The van der Waals surface area contributed by atoms with E-state index in [0.29, 0.717) is 12.5 Å². The third kappa shape index (κ3) is 6.28. The lowest BCUT2D eigenvalue weighted by molar-refractivity contribution is 0.0794. The van der Waals surface area contributed by atoms with Crippen molar-refractivity contribution in [3.8, 4) is 5.88 Å². The van der Waals surface area contributed by atoms with Crippen LogP contribution in [-0.4, -0.2) is 24.6 Å². The summed E-state index contributed by atoms with van der Waals surface area (Å²) in [4.78, 5) is 4.26. The number of nitrogens with one attached hydrogen (secondary N) is 1. The third-order valence-corrected chi connectivity index (χ3v) is 2.71. The van der Waals surface area contributed by atoms with Crippen LogP contribution in [0.25, 0.3) is 0 Å². The van der Waals surface area contributed by atoms with E-state index < -0.39 is 13.0 Å². The number of nitrogens with zero attached hydrogens (tertiary/aromatic N) is 1. The van der Waals surface area contributed by atoms with Gasteiger partial charge in [0.1, 0.15) is 0 Å². The smallest absolute Gasteiger partial charge is 0.272 e. The second-order valence-electron chi connectivity index (χ2n) is 5.62. The van der Waals surface area contributed by atoms with Crippen molar-refractivity contribution < 1.29 is 13.5 Å². The molecule has 20 heavy (non-hydrogen) atoms. The summed E-state index contributed by atoms with van der Waals surface area (Å²) in [7, 11) is 0. The van der Waals surface area contributed by atoms with Gasteiger partial charge < -0.3 is 10.1 Å². The molecular formula is C15H24F2N2O. The van der Waals surface area contributed by atoms with Crippen molar-refractivity contribution in [3.63, 3.8) is 0 Å². The average Bonchev–Trinajstić information content (AvgIpc) is 2.35. The Morgan fingerprint density at radius 1 is 1.20 bits per heavy atom. The first-order valence-corrected chi connectivity index (χ1v) is 7.01. The number of halogens is 2. The minimum Gasteiger partial charge on any atom is -0.472 e. The highest BCUT2D eigenvalue weighted by Gasteiger charge is 2.10. The highest BCUT2D eigenvalue weighted by molar-refractivity contribution is 5.26. The van der Waals surface area contributed by atoms with Crippen molar-refractivity contribution in [3.05, 3.63) is 23.4 Å². The number of hydrogen-bond donors (Lipinski definition) is 1. The molecule has 1 aromatic heterocycles. The van der Waals surface area contributed by atoms with Gasteiger partial charge in [0.15, 0.2) is 6.61 Å². The van der Waals surface area contributed by atoms with Crippen molar-refractivity contribution in [2.75, 3.05) is 13.2 Å². The Hall–Kier alpha value is -1.23. The molecule has 0 aliphatic rings. The molecule has 1 aromatic rings. The summed E-state index contributed by atoms with van der Waals surface area (Å²) in [5.74, 6) is 1.07. The Balaban J connectivity index is 2.76. The van der Waals surface area contributed by atoms with Crippen LogP contribution >= 0.6 is 0 Å². The van der Waals surface area contributed by atoms with E-state index in [1.807, 2.05) is 19.9 Å². The van der Waals surface area contributed by atoms with Gasteiger partial charge in [0.2, 0.25) is 5.88 Å². The van der Waals surface area contributed by atoms with Crippen LogP contribution in [0.5, 0.6) is 5.88 Å². The molecule has 0 aromatic carbocycles. The predicted octanol–water partition coefficient (Wildman–Crippen LogP) is 3.59. The number of rotatable bonds is 8. The average molecular weight is 286 g/mol. The fourth-order valence-corrected chi connectivity index (χ4v) is 1.71. The molecule has 1 heterocycles. The molecule has 0 saturated carbocycles. The van der Waals surface area contributed by atoms with E-state index in [9.17, 15) is 8.78 Å². The molecule has 0 radical (unpaired) electrons. The second-order valence-corrected chi connectivity index (χ2v) is 5.62. The summed E-state index contributed by atoms with van der Waals surface area (Å²) in [5, 5.41) is 3.33. The summed E-state index contributed by atoms with van der Waals surface area (Å²) < 4.78 is 29.5. The minimum absolute atomic E-state index is 0.231. The van der Waals surface area contributed by atoms with Gasteiger partial charge in [-0.25, -0.2) is 13.8 Å². The minimum atomic E-state index is -2.48. The van der Waals surface area contributed by atoms with Crippen LogP contribution in [0.4, 0.5) is 8.78 Å². The van der Waals surface area contributed by atoms with Gasteiger partial charge in [0.25, 0.3) is 6.43 Å². The largest absolute Gasteiger partial charge is 0.472 e. The topological polar surface area (TPSA) is 34.1 Å². The standard InChI is InChI=1S/C15H24F2N2O/c1-10(2)7-18-8-12-5-13(11(3)4)19-15(6-12)20-9-14(16)17/h5-6,10-11,14,18H,7-9H2,1-4H3. The molecule has 1 N–H and O–H groups in total. The molecule has 0 aliphatic carbocycles. The summed E-state index contributed by atoms with van der Waals surface area (Å²) in [6.45, 7) is 9.28. The number of aromatic nitrogens is 1. The lowest BCUT2D eigenvalue weighted by Gasteiger charge is -2.13. The molecule has 0 spiro atoms. The Morgan fingerprint density at radius 2 is 1.90 bits per heavy atom. The monoisotopic (exact) mass is 286 g/mol. The van der Waals surface area contributed by atoms with Gasteiger partial charge >= 0.3 is 0 Å². The summed E-state index contributed by atoms with van der Waals surface area (Å²) >= 11 is 0. The molecule has 0 atom stereocenters. The molecule has 5 heteroatoms. The Bertz CT molecular complexity index is 409. The van der Waals surface area contributed by atoms with Gasteiger partial charge in [-0.3, -0.25) is 0 Å². The Kier molecular flexibility index (Phi) is 6.85. The number of hydrogen-bond acceptors (Lipinski definition) is 3. The summed E-state index contributed by atoms with van der Waals surface area (Å²) in [5.41, 5.74) is 1.87. The number of ether oxygens (including phenoxy) is 1. The van der Waals surface area contributed by atoms with E-state index in [0.717, 1.165) is 17.8 Å². The molecule has 1 rings (SSSR count). The van der Waals surface area contributed by atoms with E-state index >= 15 is 0 Å². The van der Waals surface area contributed by atoms with E-state index in [-0.39, 0.29) is 11.8 Å². The molecule has 0 amide bonds. The predicted molar refractivity (Wildman–Crippen MR) is 76.4 cm³/mol. The van der Waals surface area contributed by atoms with Gasteiger partial charge in [0.05, 0.1) is 0 Å². The lowest BCUT2D eigenvalue weighted by Crippen LogP contribution is -2.19. The number of pyridine rings is 1. The molecule has 0 bridgehead atoms. The van der Waals surface area contributed by atoms with E-state index in [4.69, 9.17) is 4.74 Å². The molecule has 3 nitrogen and oxygen atoms in total. The normalized spacial score (nSPS) is 11.7. The zero-order valence-corrected chi connectivity index (χ0v) is 12.6. The van der Waals surface area contributed by atoms with Crippen LogP contribution in [0.3, 0.4) is 0 Å². The fourth-order valence-electron chi connectivity index (χ4n) is 1.71. The Morgan fingerprint density at radius 3 is 2.45 bits per heavy atom. The first-order valence-electron chi connectivity index (χ1n) is 7.01. The lowest BCUT2D eigenvalue weighted by atomic mass is 10.1. The SMILES string of the molecule is CC(C)CNCc1cc(OCC(F)F)nc(C(C)C)c1. The van der Waals surface area contributed by atoms with Gasteiger partial charge in [-0.15, -0.1) is 0 Å². The first kappa shape index (κ1) is 16.8. The molecular weight excluding hydrogens is 262 g/mol. The van der Waals surface area contributed by atoms with Crippen LogP contribution in [0.1, 0.15) is 44.9 Å². The fraction of sp³-hybridized carbons (Fsp3) is 0.667. The van der Waals surface area contributed by atoms with Crippen molar-refractivity contribution in [2.45, 2.75) is 46.6 Å². The van der Waals surface area contributed by atoms with Crippen LogP contribution in [0.15, 0.2) is 12.1 Å². The van der Waals surface area contributed by atoms with E-state index in [1.54, 1.807) is 6.07 Å². The molecule has 0 aliphatic heterocycles. The molecule has 0 fully saturated rings. The third-order valence-electron chi connectivity index (χ3n) is 2.71. The maximum absolute atomic E-state index is 12.2. The number of alkyl halides is 2. The van der Waals surface area contributed by atoms with E-state index in [1.165, 1.54) is 0 Å². The first-order chi connectivity index (χ1) is 9.38. The highest BCUT2D eigenvalue weighted by Crippen LogP contribution is 2.19. The van der Waals surface area contributed by atoms with Crippen molar-refractivity contribution in [1.29, 1.82) is 0 Å². The maximum atomic E-state index is 12.2. The maximum Gasteiger partial charge on any atom is 0.272 e. The highest BCUT2D eigenvalue weighted by atomic mass is 19.3. The van der Waals surface area contributed by atoms with Gasteiger partial charge in [-0.2, -0.15) is 0 Å². The van der Waals surface area contributed by atoms with Crippen LogP contribution < -0.4 is 10.1 Å². The zero-order valence-electron chi connectivity index (χ0n) is 12.6. The van der Waals surface area contributed by atoms with Gasteiger partial charge in [0, 0.05) is 18.3 Å². The van der Waals surface area contributed by atoms with Crippen LogP contribution in [-0.2, 0) is 6.54 Å². The van der Waals surface area contributed by atoms with Gasteiger partial charge in [-0.05, 0) is 30.0 Å². The van der Waals surface area contributed by atoms with Crippen LogP contribution in [0.2, 0.25) is 0 Å². The molecule has 0 saturated heterocycles. The molecule has 0 unspecified atom stereocenters. The van der Waals surface area contributed by atoms with Crippen LogP contribution in [0, 0.1) is 5.92 Å². The van der Waals surface area contributed by atoms with Crippen molar-refractivity contribution in [2.24, 2.45) is 5.92 Å². The second kappa shape index (κ2) is 8.15. The zero-order chi connectivity index (χ0) is 15.1. The van der Waals surface area contributed by atoms with Crippen molar-refractivity contribution in [1.82, 2.24) is 10.3 Å². The summed E-state index contributed by atoms with van der Waals surface area (Å²) in [6.07, 6.45) is -2.48. The Labute approximate surface area is 119 Å². The van der Waals surface area contributed by atoms with Gasteiger partial charge in [-0.1, -0.05) is 27.7 Å². The van der Waals surface area contributed by atoms with E-state index in [2.05, 4.69) is 24.1 Å².